The summed E-state index contributed by atoms with van der Waals surface area (Å²) in [6.45, 7) is 1.38. The molecular weight excluding hydrogens is 330 g/mol. The Balaban J connectivity index is 2.28. The van der Waals surface area contributed by atoms with E-state index in [1.807, 2.05) is 36.4 Å². The van der Waals surface area contributed by atoms with Crippen LogP contribution < -0.4 is 15.0 Å². The van der Waals surface area contributed by atoms with Crippen molar-refractivity contribution in [2.75, 3.05) is 14.2 Å². The fourth-order valence-electron chi connectivity index (χ4n) is 2.89. The molecule has 0 atom stereocenters. The van der Waals surface area contributed by atoms with E-state index in [1.165, 1.54) is 17.6 Å². The maximum Gasteiger partial charge on any atom is 0.257 e. The molecule has 0 saturated carbocycles. The fourth-order valence-corrected chi connectivity index (χ4v) is 2.89. The molecule has 5 heteroatoms. The van der Waals surface area contributed by atoms with Gasteiger partial charge in [-0.3, -0.25) is 9.59 Å². The Hall–Kier alpha value is -3.34. The van der Waals surface area contributed by atoms with E-state index in [9.17, 15) is 9.59 Å². The summed E-state index contributed by atoms with van der Waals surface area (Å²) in [4.78, 5) is 24.5. The molecule has 3 rings (SSSR count). The quantitative estimate of drug-likeness (QED) is 0.718. The number of benzene rings is 2. The molecule has 0 spiro atoms. The van der Waals surface area contributed by atoms with Gasteiger partial charge in [-0.05, 0) is 53.6 Å². The average molecular weight is 349 g/mol. The molecule has 5 nitrogen and oxygen atoms in total. The molecule has 26 heavy (non-hydrogen) atoms. The normalized spacial score (nSPS) is 10.4. The van der Waals surface area contributed by atoms with Gasteiger partial charge >= 0.3 is 0 Å². The predicted molar refractivity (Wildman–Crippen MR) is 101 cm³/mol. The van der Waals surface area contributed by atoms with Gasteiger partial charge in [-0.2, -0.15) is 0 Å². The maximum absolute atomic E-state index is 12.4. The number of ether oxygens (including phenoxy) is 2. The van der Waals surface area contributed by atoms with E-state index in [-0.39, 0.29) is 11.5 Å². The van der Waals surface area contributed by atoms with E-state index in [0.717, 1.165) is 22.4 Å². The lowest BCUT2D eigenvalue weighted by Crippen LogP contribution is -2.26. The molecule has 0 fully saturated rings. The van der Waals surface area contributed by atoms with Crippen LogP contribution in [0.3, 0.4) is 0 Å². The molecular formula is C21H19NO4. The Morgan fingerprint density at radius 3 is 1.73 bits per heavy atom. The van der Waals surface area contributed by atoms with Crippen LogP contribution in [0.2, 0.25) is 0 Å². The molecule has 0 radical (unpaired) electrons. The molecule has 0 unspecified atom stereocenters. The Labute approximate surface area is 151 Å². The molecule has 1 aromatic heterocycles. The summed E-state index contributed by atoms with van der Waals surface area (Å²) in [5.74, 6) is 1.10. The smallest absolute Gasteiger partial charge is 0.257 e. The summed E-state index contributed by atoms with van der Waals surface area (Å²) in [5.41, 5.74) is 2.61. The monoisotopic (exact) mass is 349 g/mol. The van der Waals surface area contributed by atoms with E-state index in [2.05, 4.69) is 0 Å². The van der Waals surface area contributed by atoms with Gasteiger partial charge in [0.2, 0.25) is 5.91 Å². The predicted octanol–water partition coefficient (Wildman–Crippen LogP) is 3.86. The third kappa shape index (κ3) is 3.24. The number of pyridine rings is 1. The molecule has 0 aliphatic heterocycles. The number of rotatable bonds is 4. The molecule has 0 N–H and O–H groups in total. The van der Waals surface area contributed by atoms with Gasteiger partial charge in [0.25, 0.3) is 5.56 Å². The summed E-state index contributed by atoms with van der Waals surface area (Å²) >= 11 is 0. The van der Waals surface area contributed by atoms with E-state index in [1.54, 1.807) is 32.4 Å². The Kier molecular flexibility index (Phi) is 4.89. The van der Waals surface area contributed by atoms with Crippen molar-refractivity contribution >= 4 is 5.91 Å². The highest BCUT2D eigenvalue weighted by molar-refractivity contribution is 5.89. The zero-order valence-electron chi connectivity index (χ0n) is 14.9. The van der Waals surface area contributed by atoms with E-state index in [0.29, 0.717) is 11.4 Å². The third-order valence-electron chi connectivity index (χ3n) is 4.17. The van der Waals surface area contributed by atoms with Crippen LogP contribution in [0.15, 0.2) is 65.5 Å². The van der Waals surface area contributed by atoms with Gasteiger partial charge in [0.1, 0.15) is 11.5 Å². The SMILES string of the molecule is COc1ccc(-c2ccc(=O)n(C(C)=O)c2-c2ccc(OC)cc2)cc1. The van der Waals surface area contributed by atoms with Crippen LogP contribution in [0.4, 0.5) is 0 Å². The van der Waals surface area contributed by atoms with E-state index < -0.39 is 0 Å². The molecule has 0 amide bonds. The second-order valence-corrected chi connectivity index (χ2v) is 5.75. The summed E-state index contributed by atoms with van der Waals surface area (Å²) in [6.07, 6.45) is 0. The number of methoxy groups -OCH3 is 2. The van der Waals surface area contributed by atoms with E-state index >= 15 is 0 Å². The fraction of sp³-hybridized carbons (Fsp3) is 0.143. The van der Waals surface area contributed by atoms with Gasteiger partial charge in [-0.25, -0.2) is 4.57 Å². The average Bonchev–Trinajstić information content (AvgIpc) is 2.67. The summed E-state index contributed by atoms with van der Waals surface area (Å²) in [6, 6.07) is 17.9. The zero-order chi connectivity index (χ0) is 18.7. The number of carbonyl (C=O) groups is 1. The Bertz CT molecular complexity index is 986. The third-order valence-corrected chi connectivity index (χ3v) is 4.17. The van der Waals surface area contributed by atoms with Crippen molar-refractivity contribution in [3.8, 4) is 33.9 Å². The molecule has 132 valence electrons. The minimum atomic E-state index is -0.361. The number of hydrogen-bond donors (Lipinski definition) is 0. The second kappa shape index (κ2) is 7.27. The molecule has 1 heterocycles. The highest BCUT2D eigenvalue weighted by Gasteiger charge is 2.16. The van der Waals surface area contributed by atoms with Crippen LogP contribution >= 0.6 is 0 Å². The van der Waals surface area contributed by atoms with Crippen molar-refractivity contribution in [1.82, 2.24) is 4.57 Å². The minimum Gasteiger partial charge on any atom is -0.497 e. The highest BCUT2D eigenvalue weighted by atomic mass is 16.5. The Morgan fingerprint density at radius 1 is 0.769 bits per heavy atom. The van der Waals surface area contributed by atoms with Gasteiger partial charge in [0.05, 0.1) is 19.9 Å². The van der Waals surface area contributed by atoms with Crippen molar-refractivity contribution in [2.45, 2.75) is 6.92 Å². The highest BCUT2D eigenvalue weighted by Crippen LogP contribution is 2.32. The first-order valence-electron chi connectivity index (χ1n) is 8.11. The number of carbonyl (C=O) groups excluding carboxylic acids is 1. The molecule has 0 saturated heterocycles. The Morgan fingerprint density at radius 2 is 1.27 bits per heavy atom. The van der Waals surface area contributed by atoms with Gasteiger partial charge in [0.15, 0.2) is 0 Å². The van der Waals surface area contributed by atoms with Crippen LogP contribution in [-0.4, -0.2) is 24.7 Å². The van der Waals surface area contributed by atoms with Crippen LogP contribution in [0, 0.1) is 0 Å². The molecule has 2 aromatic carbocycles. The zero-order valence-corrected chi connectivity index (χ0v) is 14.9. The first-order valence-corrected chi connectivity index (χ1v) is 8.11. The van der Waals surface area contributed by atoms with E-state index in [4.69, 9.17) is 9.47 Å². The summed E-state index contributed by atoms with van der Waals surface area (Å²) in [5, 5.41) is 0. The maximum atomic E-state index is 12.4. The van der Waals surface area contributed by atoms with Crippen LogP contribution in [0.1, 0.15) is 11.7 Å². The van der Waals surface area contributed by atoms with Crippen LogP contribution in [0.5, 0.6) is 11.5 Å². The van der Waals surface area contributed by atoms with Crippen molar-refractivity contribution < 1.29 is 14.3 Å². The number of nitrogens with zero attached hydrogens (tertiary/aromatic N) is 1. The standard InChI is InChI=1S/C21H19NO4/c1-14(23)22-20(24)13-12-19(15-4-8-17(25-2)9-5-15)21(22)16-6-10-18(26-3)11-7-16/h4-13H,1-3H3. The van der Waals surface area contributed by atoms with Gasteiger partial charge in [-0.1, -0.05) is 12.1 Å². The van der Waals surface area contributed by atoms with Crippen LogP contribution in [0.25, 0.3) is 22.4 Å². The van der Waals surface area contributed by atoms with Crippen molar-refractivity contribution in [1.29, 1.82) is 0 Å². The first kappa shape index (κ1) is 17.5. The minimum absolute atomic E-state index is 0.337. The van der Waals surface area contributed by atoms with Crippen LogP contribution in [-0.2, 0) is 0 Å². The van der Waals surface area contributed by atoms with Crippen molar-refractivity contribution in [3.63, 3.8) is 0 Å². The van der Waals surface area contributed by atoms with Gasteiger partial charge in [-0.15, -0.1) is 0 Å². The molecule has 3 aromatic rings. The van der Waals surface area contributed by atoms with Gasteiger partial charge in [0, 0.05) is 18.6 Å². The van der Waals surface area contributed by atoms with Gasteiger partial charge < -0.3 is 9.47 Å². The lowest BCUT2D eigenvalue weighted by molar-refractivity contribution is 0.0934. The second-order valence-electron chi connectivity index (χ2n) is 5.75. The lowest BCUT2D eigenvalue weighted by Gasteiger charge is -2.16. The largest absolute Gasteiger partial charge is 0.497 e. The summed E-state index contributed by atoms with van der Waals surface area (Å²) in [7, 11) is 3.19. The first-order chi connectivity index (χ1) is 12.5. The van der Waals surface area contributed by atoms with Crippen molar-refractivity contribution in [3.05, 3.63) is 71.0 Å². The molecule has 0 bridgehead atoms. The molecule has 0 aliphatic carbocycles. The number of hydrogen-bond acceptors (Lipinski definition) is 4. The summed E-state index contributed by atoms with van der Waals surface area (Å²) < 4.78 is 11.6. The number of aromatic nitrogens is 1. The van der Waals surface area contributed by atoms with Crippen molar-refractivity contribution in [2.24, 2.45) is 0 Å². The molecule has 0 aliphatic rings. The topological polar surface area (TPSA) is 57.5 Å². The lowest BCUT2D eigenvalue weighted by atomic mass is 9.98.